The third-order valence-electron chi connectivity index (χ3n) is 5.35. The van der Waals surface area contributed by atoms with Crippen molar-refractivity contribution in [3.8, 4) is 11.1 Å². The number of hydrogen-bond acceptors (Lipinski definition) is 5. The smallest absolute Gasteiger partial charge is 0.138 e. The van der Waals surface area contributed by atoms with Crippen molar-refractivity contribution >= 4 is 27.4 Å². The molecule has 0 fully saturated rings. The second-order valence-electron chi connectivity index (χ2n) is 7.49. The van der Waals surface area contributed by atoms with Gasteiger partial charge in [-0.15, -0.1) is 11.3 Å². The Balaban J connectivity index is 1.72. The van der Waals surface area contributed by atoms with Crippen LogP contribution >= 0.6 is 11.3 Å². The van der Waals surface area contributed by atoms with Crippen LogP contribution in [0.5, 0.6) is 0 Å². The molecule has 0 atom stereocenters. The fourth-order valence-corrected chi connectivity index (χ4v) is 4.39. The predicted octanol–water partition coefficient (Wildman–Crippen LogP) is 6.02. The number of fused-ring (bicyclic) bond motifs is 1. The highest BCUT2D eigenvalue weighted by molar-refractivity contribution is 7.17. The molecule has 0 radical (unpaired) electrons. The second kappa shape index (κ2) is 9.99. The Kier molecular flexibility index (Phi) is 7.40. The maximum atomic E-state index is 4.55. The molecule has 0 bridgehead atoms. The van der Waals surface area contributed by atoms with Crippen molar-refractivity contribution < 1.29 is 0 Å². The van der Waals surface area contributed by atoms with Gasteiger partial charge in [0.2, 0.25) is 0 Å². The van der Waals surface area contributed by atoms with Crippen LogP contribution in [0.4, 0.5) is 5.82 Å². The van der Waals surface area contributed by atoms with Gasteiger partial charge < -0.3 is 10.2 Å². The van der Waals surface area contributed by atoms with E-state index in [0.29, 0.717) is 5.92 Å². The Hall–Kier alpha value is -1.98. The SMILES string of the molecule is CCN(CC)CCCCNc1ncnc2scc(-c3ccc(C(C)C)cc3)c12. The van der Waals surface area contributed by atoms with Crippen LogP contribution in [0.25, 0.3) is 21.3 Å². The van der Waals surface area contributed by atoms with Crippen molar-refractivity contribution in [3.05, 3.63) is 41.5 Å². The molecule has 0 aliphatic carbocycles. The van der Waals surface area contributed by atoms with Gasteiger partial charge in [0, 0.05) is 17.5 Å². The largest absolute Gasteiger partial charge is 0.369 e. The van der Waals surface area contributed by atoms with E-state index in [2.05, 4.69) is 77.5 Å². The molecule has 4 nitrogen and oxygen atoms in total. The zero-order valence-electron chi connectivity index (χ0n) is 17.5. The number of nitrogens with zero attached hydrogens (tertiary/aromatic N) is 3. The van der Waals surface area contributed by atoms with Crippen LogP contribution in [0.1, 0.15) is 52.0 Å². The molecule has 3 aromatic rings. The van der Waals surface area contributed by atoms with Gasteiger partial charge >= 0.3 is 0 Å². The Morgan fingerprint density at radius 1 is 1.04 bits per heavy atom. The Bertz CT molecular complexity index is 866. The average molecular weight is 397 g/mol. The first-order valence-corrected chi connectivity index (χ1v) is 11.3. The van der Waals surface area contributed by atoms with Crippen molar-refractivity contribution in [2.75, 3.05) is 31.5 Å². The lowest BCUT2D eigenvalue weighted by molar-refractivity contribution is 0.298. The Morgan fingerprint density at radius 2 is 1.79 bits per heavy atom. The number of aromatic nitrogens is 2. The van der Waals surface area contributed by atoms with Crippen molar-refractivity contribution in [1.29, 1.82) is 0 Å². The van der Waals surface area contributed by atoms with Gasteiger partial charge in [-0.2, -0.15) is 0 Å². The monoisotopic (exact) mass is 396 g/mol. The highest BCUT2D eigenvalue weighted by atomic mass is 32.1. The summed E-state index contributed by atoms with van der Waals surface area (Å²) in [6, 6.07) is 8.90. The molecular weight excluding hydrogens is 364 g/mol. The normalized spacial score (nSPS) is 11.6. The fourth-order valence-electron chi connectivity index (χ4n) is 3.48. The lowest BCUT2D eigenvalue weighted by Crippen LogP contribution is -2.24. The molecule has 1 N–H and O–H groups in total. The van der Waals surface area contributed by atoms with Crippen LogP contribution in [-0.4, -0.2) is 41.0 Å². The molecule has 1 aromatic carbocycles. The number of unbranched alkanes of at least 4 members (excludes halogenated alkanes) is 1. The molecule has 5 heteroatoms. The topological polar surface area (TPSA) is 41.0 Å². The van der Waals surface area contributed by atoms with Gasteiger partial charge in [0.1, 0.15) is 17.0 Å². The average Bonchev–Trinajstić information content (AvgIpc) is 3.16. The molecule has 3 rings (SSSR count). The summed E-state index contributed by atoms with van der Waals surface area (Å²) >= 11 is 1.69. The van der Waals surface area contributed by atoms with E-state index in [0.717, 1.165) is 42.1 Å². The predicted molar refractivity (Wildman–Crippen MR) is 122 cm³/mol. The second-order valence-corrected chi connectivity index (χ2v) is 8.35. The van der Waals surface area contributed by atoms with Crippen molar-refractivity contribution in [2.24, 2.45) is 0 Å². The zero-order valence-corrected chi connectivity index (χ0v) is 18.4. The summed E-state index contributed by atoms with van der Waals surface area (Å²) < 4.78 is 0. The molecule has 2 aromatic heterocycles. The number of hydrogen-bond donors (Lipinski definition) is 1. The number of nitrogens with one attached hydrogen (secondary N) is 1. The molecule has 0 aliphatic rings. The van der Waals surface area contributed by atoms with E-state index in [4.69, 9.17) is 0 Å². The summed E-state index contributed by atoms with van der Waals surface area (Å²) in [5, 5.41) is 6.91. The van der Waals surface area contributed by atoms with E-state index in [1.807, 2.05) is 0 Å². The van der Waals surface area contributed by atoms with Gasteiger partial charge in [0.25, 0.3) is 0 Å². The maximum absolute atomic E-state index is 4.55. The van der Waals surface area contributed by atoms with Crippen molar-refractivity contribution in [2.45, 2.75) is 46.5 Å². The van der Waals surface area contributed by atoms with Crippen molar-refractivity contribution in [3.63, 3.8) is 0 Å². The first kappa shape index (κ1) is 20.7. The van der Waals surface area contributed by atoms with Crippen LogP contribution in [0, 0.1) is 0 Å². The van der Waals surface area contributed by atoms with Gasteiger partial charge in [-0.3, -0.25) is 0 Å². The maximum Gasteiger partial charge on any atom is 0.138 e. The van der Waals surface area contributed by atoms with Crippen LogP contribution in [0.3, 0.4) is 0 Å². The summed E-state index contributed by atoms with van der Waals surface area (Å²) in [7, 11) is 0. The Labute approximate surface area is 173 Å². The summed E-state index contributed by atoms with van der Waals surface area (Å²) in [5.74, 6) is 1.50. The van der Waals surface area contributed by atoms with Crippen molar-refractivity contribution in [1.82, 2.24) is 14.9 Å². The molecule has 0 amide bonds. The number of thiophene rings is 1. The fraction of sp³-hybridized carbons (Fsp3) is 0.478. The molecule has 150 valence electrons. The third kappa shape index (κ3) is 4.89. The van der Waals surface area contributed by atoms with E-state index in [1.54, 1.807) is 17.7 Å². The van der Waals surface area contributed by atoms with Crippen LogP contribution in [0.15, 0.2) is 36.0 Å². The molecule has 0 saturated heterocycles. The quantitative estimate of drug-likeness (QED) is 0.426. The van der Waals surface area contributed by atoms with Gasteiger partial charge in [0.05, 0.1) is 5.39 Å². The molecule has 28 heavy (non-hydrogen) atoms. The minimum atomic E-state index is 0.546. The molecule has 0 saturated carbocycles. The summed E-state index contributed by atoms with van der Waals surface area (Å²) in [4.78, 5) is 12.6. The molecular formula is C23H32N4S. The van der Waals surface area contributed by atoms with E-state index in [1.165, 1.54) is 29.7 Å². The van der Waals surface area contributed by atoms with E-state index in [-0.39, 0.29) is 0 Å². The summed E-state index contributed by atoms with van der Waals surface area (Å²) in [6.45, 7) is 13.3. The zero-order chi connectivity index (χ0) is 19.9. The standard InChI is InChI=1S/C23H32N4S/c1-5-27(6-2)14-8-7-13-24-22-21-20(15-28-23(21)26-16-25-22)19-11-9-18(10-12-19)17(3)4/h9-12,15-17H,5-8,13-14H2,1-4H3,(H,24,25,26). The number of rotatable bonds is 10. The van der Waals surface area contributed by atoms with Crippen LogP contribution < -0.4 is 5.32 Å². The van der Waals surface area contributed by atoms with Gasteiger partial charge in [-0.05, 0) is 49.5 Å². The molecule has 0 aliphatic heterocycles. The third-order valence-corrected chi connectivity index (χ3v) is 6.23. The first-order valence-electron chi connectivity index (χ1n) is 10.4. The van der Waals surface area contributed by atoms with Gasteiger partial charge in [-0.1, -0.05) is 52.0 Å². The number of anilines is 1. The summed E-state index contributed by atoms with van der Waals surface area (Å²) in [6.07, 6.45) is 4.02. The molecule has 0 unspecified atom stereocenters. The number of benzene rings is 1. The van der Waals surface area contributed by atoms with Gasteiger partial charge in [-0.25, -0.2) is 9.97 Å². The molecule has 2 heterocycles. The highest BCUT2D eigenvalue weighted by Crippen LogP contribution is 2.36. The van der Waals surface area contributed by atoms with Gasteiger partial charge in [0.15, 0.2) is 0 Å². The lowest BCUT2D eigenvalue weighted by atomic mass is 9.99. The minimum absolute atomic E-state index is 0.546. The lowest BCUT2D eigenvalue weighted by Gasteiger charge is -2.17. The highest BCUT2D eigenvalue weighted by Gasteiger charge is 2.13. The first-order chi connectivity index (χ1) is 13.6. The van der Waals surface area contributed by atoms with Crippen LogP contribution in [0.2, 0.25) is 0 Å². The van der Waals surface area contributed by atoms with E-state index < -0.39 is 0 Å². The van der Waals surface area contributed by atoms with E-state index in [9.17, 15) is 0 Å². The van der Waals surface area contributed by atoms with Crippen LogP contribution in [-0.2, 0) is 0 Å². The molecule has 0 spiro atoms. The summed E-state index contributed by atoms with van der Waals surface area (Å²) in [5.41, 5.74) is 3.82. The van der Waals surface area contributed by atoms with E-state index >= 15 is 0 Å². The Morgan fingerprint density at radius 3 is 2.46 bits per heavy atom. The minimum Gasteiger partial charge on any atom is -0.369 e.